The molecular formula is C14H24N2O2Si. The molecule has 0 saturated carbocycles. The number of aliphatic hydroxyl groups is 2. The van der Waals surface area contributed by atoms with E-state index in [0.29, 0.717) is 18.8 Å². The van der Waals surface area contributed by atoms with E-state index in [4.69, 9.17) is 5.11 Å². The SMILES string of the molecule is C[Si]1(C)CC=C2C(CCO)=NN=C(CCO)[C@@H]2CC1. The summed E-state index contributed by atoms with van der Waals surface area (Å²) in [6.45, 7) is 5.10. The maximum atomic E-state index is 9.17. The van der Waals surface area contributed by atoms with Crippen molar-refractivity contribution in [2.24, 2.45) is 16.1 Å². The second-order valence-electron chi connectivity index (χ2n) is 6.20. The molecule has 19 heavy (non-hydrogen) atoms. The first-order valence-corrected chi connectivity index (χ1v) is 10.5. The summed E-state index contributed by atoms with van der Waals surface area (Å²) in [6, 6.07) is 2.46. The average molecular weight is 280 g/mol. The third-order valence-electron chi connectivity index (χ3n) is 4.11. The van der Waals surface area contributed by atoms with Crippen LogP contribution in [0.3, 0.4) is 0 Å². The lowest BCUT2D eigenvalue weighted by Gasteiger charge is -2.25. The first kappa shape index (κ1) is 14.6. The van der Waals surface area contributed by atoms with Crippen LogP contribution < -0.4 is 0 Å². The predicted octanol–water partition coefficient (Wildman–Crippen LogP) is 2.22. The number of aliphatic hydroxyl groups excluding tert-OH is 2. The Morgan fingerprint density at radius 2 is 1.95 bits per heavy atom. The maximum Gasteiger partial charge on any atom is 0.0688 e. The van der Waals surface area contributed by atoms with Gasteiger partial charge in [0.25, 0.3) is 0 Å². The van der Waals surface area contributed by atoms with Gasteiger partial charge in [-0.25, -0.2) is 0 Å². The minimum absolute atomic E-state index is 0.120. The van der Waals surface area contributed by atoms with Crippen molar-refractivity contribution < 1.29 is 10.2 Å². The molecule has 2 aliphatic rings. The zero-order chi connectivity index (χ0) is 13.9. The standard InChI is InChI=1S/C14H24N2O2Si/c1-19(2)9-5-11-12(6-10-19)14(4-8-18)16-15-13(11)3-7-17/h5,12,17-18H,3-4,6-10H2,1-2H3/t12-/m1/s1. The van der Waals surface area contributed by atoms with E-state index in [9.17, 15) is 5.11 Å². The fourth-order valence-electron chi connectivity index (χ4n) is 2.88. The lowest BCUT2D eigenvalue weighted by atomic mass is 9.85. The third kappa shape index (κ3) is 3.41. The van der Waals surface area contributed by atoms with E-state index in [-0.39, 0.29) is 13.2 Å². The molecule has 106 valence electrons. The van der Waals surface area contributed by atoms with Crippen molar-refractivity contribution in [3.63, 3.8) is 0 Å². The van der Waals surface area contributed by atoms with E-state index in [0.717, 1.165) is 17.8 Å². The largest absolute Gasteiger partial charge is 0.396 e. The molecule has 0 amide bonds. The predicted molar refractivity (Wildman–Crippen MR) is 81.6 cm³/mol. The highest BCUT2D eigenvalue weighted by molar-refractivity contribution is 6.77. The molecule has 4 nitrogen and oxygen atoms in total. The van der Waals surface area contributed by atoms with Crippen molar-refractivity contribution in [2.45, 2.75) is 44.4 Å². The summed E-state index contributed by atoms with van der Waals surface area (Å²) in [4.78, 5) is 0. The zero-order valence-electron chi connectivity index (χ0n) is 11.9. The molecule has 2 heterocycles. The van der Waals surface area contributed by atoms with Crippen LogP contribution in [0, 0.1) is 5.92 Å². The van der Waals surface area contributed by atoms with E-state index in [1.165, 1.54) is 17.7 Å². The van der Waals surface area contributed by atoms with Gasteiger partial charge in [0, 0.05) is 32.0 Å². The second-order valence-corrected chi connectivity index (χ2v) is 11.4. The highest BCUT2D eigenvalue weighted by atomic mass is 28.3. The van der Waals surface area contributed by atoms with Gasteiger partial charge in [-0.05, 0) is 18.0 Å². The van der Waals surface area contributed by atoms with E-state index in [1.54, 1.807) is 0 Å². The summed E-state index contributed by atoms with van der Waals surface area (Å²) in [5.41, 5.74) is 3.23. The van der Waals surface area contributed by atoms with Gasteiger partial charge in [-0.1, -0.05) is 25.2 Å². The van der Waals surface area contributed by atoms with Crippen LogP contribution in [0.15, 0.2) is 21.9 Å². The first-order chi connectivity index (χ1) is 9.07. The smallest absolute Gasteiger partial charge is 0.0688 e. The molecule has 0 fully saturated rings. The van der Waals surface area contributed by atoms with Gasteiger partial charge < -0.3 is 10.2 Å². The lowest BCUT2D eigenvalue weighted by molar-refractivity contribution is 0.304. The van der Waals surface area contributed by atoms with Crippen LogP contribution in [0.5, 0.6) is 0 Å². The van der Waals surface area contributed by atoms with Gasteiger partial charge in [-0.2, -0.15) is 10.2 Å². The first-order valence-electron chi connectivity index (χ1n) is 7.13. The Labute approximate surface area is 116 Å². The molecule has 5 heteroatoms. The highest BCUT2D eigenvalue weighted by Gasteiger charge is 2.33. The summed E-state index contributed by atoms with van der Waals surface area (Å²) in [7, 11) is -1.15. The van der Waals surface area contributed by atoms with E-state index in [1.807, 2.05) is 0 Å². The van der Waals surface area contributed by atoms with Crippen LogP contribution in [0.25, 0.3) is 0 Å². The average Bonchev–Trinajstić information content (AvgIpc) is 2.53. The van der Waals surface area contributed by atoms with Crippen LogP contribution in [-0.2, 0) is 0 Å². The Morgan fingerprint density at radius 1 is 1.21 bits per heavy atom. The van der Waals surface area contributed by atoms with E-state index < -0.39 is 8.07 Å². The molecule has 2 rings (SSSR count). The van der Waals surface area contributed by atoms with Crippen LogP contribution in [-0.4, -0.2) is 42.9 Å². The molecule has 0 aromatic heterocycles. The monoisotopic (exact) mass is 280 g/mol. The Morgan fingerprint density at radius 3 is 2.63 bits per heavy atom. The van der Waals surface area contributed by atoms with E-state index in [2.05, 4.69) is 29.4 Å². The number of fused-ring (bicyclic) bond motifs is 1. The molecule has 0 unspecified atom stereocenters. The van der Waals surface area contributed by atoms with Crippen LogP contribution in [0.2, 0.25) is 25.2 Å². The molecule has 0 aliphatic carbocycles. The van der Waals surface area contributed by atoms with Gasteiger partial charge in [0.15, 0.2) is 0 Å². The van der Waals surface area contributed by atoms with Gasteiger partial charge in [0.1, 0.15) is 0 Å². The van der Waals surface area contributed by atoms with Gasteiger partial charge in [-0.3, -0.25) is 0 Å². The quantitative estimate of drug-likeness (QED) is 0.775. The Kier molecular flexibility index (Phi) is 4.70. The topological polar surface area (TPSA) is 65.2 Å². The summed E-state index contributed by atoms with van der Waals surface area (Å²) >= 11 is 0. The van der Waals surface area contributed by atoms with E-state index >= 15 is 0 Å². The van der Waals surface area contributed by atoms with Crippen molar-refractivity contribution in [1.82, 2.24) is 0 Å². The van der Waals surface area contributed by atoms with Crippen molar-refractivity contribution in [3.05, 3.63) is 11.6 Å². The Bertz CT molecular complexity index is 427. The van der Waals surface area contributed by atoms with Gasteiger partial charge >= 0.3 is 0 Å². The molecule has 1 atom stereocenters. The minimum atomic E-state index is -1.15. The Hall–Kier alpha value is -0.783. The molecule has 0 saturated heterocycles. The minimum Gasteiger partial charge on any atom is -0.396 e. The molecule has 0 radical (unpaired) electrons. The van der Waals surface area contributed by atoms with Crippen molar-refractivity contribution >= 4 is 19.5 Å². The van der Waals surface area contributed by atoms with Crippen molar-refractivity contribution in [3.8, 4) is 0 Å². The number of nitrogens with zero attached hydrogens (tertiary/aromatic N) is 2. The van der Waals surface area contributed by atoms with Crippen LogP contribution >= 0.6 is 0 Å². The molecule has 0 aromatic rings. The maximum absolute atomic E-state index is 9.17. The molecule has 0 bridgehead atoms. The Balaban J connectivity index is 2.31. The molecule has 2 aliphatic heterocycles. The summed E-state index contributed by atoms with van der Waals surface area (Å²) in [5.74, 6) is 0.320. The van der Waals surface area contributed by atoms with Crippen molar-refractivity contribution in [2.75, 3.05) is 13.2 Å². The summed E-state index contributed by atoms with van der Waals surface area (Å²) < 4.78 is 0. The van der Waals surface area contributed by atoms with Crippen molar-refractivity contribution in [1.29, 1.82) is 0 Å². The number of hydrogen-bond donors (Lipinski definition) is 2. The van der Waals surface area contributed by atoms with Gasteiger partial charge in [0.2, 0.25) is 0 Å². The third-order valence-corrected chi connectivity index (χ3v) is 7.06. The summed E-state index contributed by atoms with van der Waals surface area (Å²) in [5, 5.41) is 26.9. The lowest BCUT2D eigenvalue weighted by Crippen LogP contribution is -2.27. The van der Waals surface area contributed by atoms with Crippen LogP contribution in [0.1, 0.15) is 19.3 Å². The van der Waals surface area contributed by atoms with Gasteiger partial charge in [0.05, 0.1) is 19.5 Å². The van der Waals surface area contributed by atoms with Crippen LogP contribution in [0.4, 0.5) is 0 Å². The number of hydrogen-bond acceptors (Lipinski definition) is 4. The fraction of sp³-hybridized carbons (Fsp3) is 0.714. The number of allylic oxidation sites excluding steroid dienone is 2. The normalized spacial score (nSPS) is 25.9. The summed E-state index contributed by atoms with van der Waals surface area (Å²) in [6.07, 6.45) is 4.65. The molecule has 0 spiro atoms. The molecular weight excluding hydrogens is 256 g/mol. The highest BCUT2D eigenvalue weighted by Crippen LogP contribution is 2.35. The fourth-order valence-corrected chi connectivity index (χ4v) is 4.92. The second kappa shape index (κ2) is 6.11. The zero-order valence-corrected chi connectivity index (χ0v) is 12.9. The molecule has 2 N–H and O–H groups in total. The number of rotatable bonds is 4. The van der Waals surface area contributed by atoms with Gasteiger partial charge in [-0.15, -0.1) is 0 Å². The molecule has 0 aromatic carbocycles.